The Bertz CT molecular complexity index is 485. The number of rotatable bonds is 4. The van der Waals surface area contributed by atoms with Gasteiger partial charge < -0.3 is 15.4 Å². The lowest BCUT2D eigenvalue weighted by atomic mass is 9.91. The highest BCUT2D eigenvalue weighted by Crippen LogP contribution is 2.28. The third-order valence-corrected chi connectivity index (χ3v) is 3.82. The molecule has 0 aliphatic carbocycles. The summed E-state index contributed by atoms with van der Waals surface area (Å²) in [5.74, 6) is 0.950. The van der Waals surface area contributed by atoms with Gasteiger partial charge in [-0.2, -0.15) is 0 Å². The number of carbonyl (C=O) groups is 1. The topological polar surface area (TPSA) is 55.6 Å². The van der Waals surface area contributed by atoms with Gasteiger partial charge in [-0.25, -0.2) is 0 Å². The van der Waals surface area contributed by atoms with Crippen molar-refractivity contribution in [3.05, 3.63) is 29.8 Å². The molecule has 0 radical (unpaired) electrons. The molecule has 0 fully saturated rings. The minimum Gasteiger partial charge on any atom is -0.492 e. The molecule has 0 saturated carbocycles. The summed E-state index contributed by atoms with van der Waals surface area (Å²) in [6.07, 6.45) is 0.752. The minimum absolute atomic E-state index is 0.0577. The predicted octanol–water partition coefficient (Wildman–Crippen LogP) is 1.68. The standard InChI is InChI=1S/C16H24N2O2/c1-16(2,10-17)11-18(3)15(19)13-8-12-6-4-5-7-14(12)20-9-13/h4-7,13H,8-11,17H2,1-3H3. The monoisotopic (exact) mass is 276 g/mol. The second kappa shape index (κ2) is 5.83. The van der Waals surface area contributed by atoms with Crippen molar-refractivity contribution in [2.24, 2.45) is 17.1 Å². The zero-order valence-electron chi connectivity index (χ0n) is 12.6. The van der Waals surface area contributed by atoms with Crippen molar-refractivity contribution < 1.29 is 9.53 Å². The SMILES string of the molecule is CN(CC(C)(C)CN)C(=O)C1COc2ccccc2C1. The number of benzene rings is 1. The highest BCUT2D eigenvalue weighted by molar-refractivity contribution is 5.79. The molecule has 0 aromatic heterocycles. The molecule has 1 aliphatic heterocycles. The summed E-state index contributed by atoms with van der Waals surface area (Å²) in [6, 6.07) is 7.92. The number of nitrogens with zero attached hydrogens (tertiary/aromatic N) is 1. The second-order valence-electron chi connectivity index (χ2n) is 6.38. The summed E-state index contributed by atoms with van der Waals surface area (Å²) in [7, 11) is 1.85. The molecule has 1 unspecified atom stereocenters. The fourth-order valence-electron chi connectivity index (χ4n) is 2.58. The minimum atomic E-state index is -0.0940. The summed E-state index contributed by atoms with van der Waals surface area (Å²) in [4.78, 5) is 14.3. The summed E-state index contributed by atoms with van der Waals surface area (Å²) in [6.45, 7) is 5.84. The molecule has 0 spiro atoms. The van der Waals surface area contributed by atoms with Crippen LogP contribution in [0.4, 0.5) is 0 Å². The van der Waals surface area contributed by atoms with Crippen molar-refractivity contribution >= 4 is 5.91 Å². The van der Waals surface area contributed by atoms with Gasteiger partial charge in [0, 0.05) is 13.6 Å². The van der Waals surface area contributed by atoms with E-state index >= 15 is 0 Å². The zero-order valence-corrected chi connectivity index (χ0v) is 12.6. The van der Waals surface area contributed by atoms with Crippen molar-refractivity contribution in [2.75, 3.05) is 26.7 Å². The first-order valence-electron chi connectivity index (χ1n) is 7.09. The molecule has 1 aliphatic rings. The lowest BCUT2D eigenvalue weighted by Gasteiger charge is -2.33. The normalized spacial score (nSPS) is 18.1. The van der Waals surface area contributed by atoms with E-state index in [9.17, 15) is 4.79 Å². The molecule has 1 amide bonds. The molecular weight excluding hydrogens is 252 g/mol. The Hall–Kier alpha value is -1.55. The maximum Gasteiger partial charge on any atom is 0.229 e. The number of amides is 1. The van der Waals surface area contributed by atoms with E-state index in [1.807, 2.05) is 31.3 Å². The van der Waals surface area contributed by atoms with Gasteiger partial charge in [0.1, 0.15) is 12.4 Å². The van der Waals surface area contributed by atoms with Crippen LogP contribution in [0.15, 0.2) is 24.3 Å². The van der Waals surface area contributed by atoms with Gasteiger partial charge in [-0.15, -0.1) is 0 Å². The number of para-hydroxylation sites is 1. The van der Waals surface area contributed by atoms with Crippen molar-refractivity contribution in [1.29, 1.82) is 0 Å². The van der Waals surface area contributed by atoms with Crippen molar-refractivity contribution in [1.82, 2.24) is 4.90 Å². The lowest BCUT2D eigenvalue weighted by molar-refractivity contribution is -0.136. The third-order valence-electron chi connectivity index (χ3n) is 3.82. The fraction of sp³-hybridized carbons (Fsp3) is 0.562. The number of ether oxygens (including phenoxy) is 1. The van der Waals surface area contributed by atoms with Gasteiger partial charge in [0.25, 0.3) is 0 Å². The van der Waals surface area contributed by atoms with Crippen LogP contribution < -0.4 is 10.5 Å². The van der Waals surface area contributed by atoms with E-state index in [0.717, 1.165) is 17.7 Å². The van der Waals surface area contributed by atoms with Crippen molar-refractivity contribution in [3.63, 3.8) is 0 Å². The van der Waals surface area contributed by atoms with Crippen LogP contribution in [0, 0.1) is 11.3 Å². The quantitative estimate of drug-likeness (QED) is 0.910. The Morgan fingerprint density at radius 1 is 1.45 bits per heavy atom. The molecule has 4 nitrogen and oxygen atoms in total. The Morgan fingerprint density at radius 3 is 2.85 bits per heavy atom. The Labute approximate surface area is 120 Å². The van der Waals surface area contributed by atoms with Crippen LogP contribution in [0.25, 0.3) is 0 Å². The van der Waals surface area contributed by atoms with Gasteiger partial charge in [-0.3, -0.25) is 4.79 Å². The second-order valence-corrected chi connectivity index (χ2v) is 6.38. The summed E-state index contributed by atoms with van der Waals surface area (Å²) < 4.78 is 5.69. The van der Waals surface area contributed by atoms with E-state index in [0.29, 0.717) is 19.7 Å². The molecule has 20 heavy (non-hydrogen) atoms. The maximum atomic E-state index is 12.5. The number of hydrogen-bond acceptors (Lipinski definition) is 3. The Kier molecular flexibility index (Phi) is 4.33. The van der Waals surface area contributed by atoms with Gasteiger partial charge >= 0.3 is 0 Å². The number of fused-ring (bicyclic) bond motifs is 1. The molecule has 2 rings (SSSR count). The van der Waals surface area contributed by atoms with Crippen LogP contribution in [0.5, 0.6) is 5.75 Å². The van der Waals surface area contributed by atoms with Gasteiger partial charge in [0.15, 0.2) is 0 Å². The number of carbonyl (C=O) groups excluding carboxylic acids is 1. The zero-order chi connectivity index (χ0) is 14.8. The van der Waals surface area contributed by atoms with Crippen LogP contribution in [0.1, 0.15) is 19.4 Å². The Balaban J connectivity index is 2.01. The number of hydrogen-bond donors (Lipinski definition) is 1. The van der Waals surface area contributed by atoms with Gasteiger partial charge in [0.05, 0.1) is 5.92 Å². The van der Waals surface area contributed by atoms with E-state index < -0.39 is 0 Å². The van der Waals surface area contributed by atoms with Gasteiger partial charge in [-0.1, -0.05) is 32.0 Å². The van der Waals surface area contributed by atoms with Crippen molar-refractivity contribution in [3.8, 4) is 5.75 Å². The molecule has 1 atom stereocenters. The smallest absolute Gasteiger partial charge is 0.229 e. The molecule has 1 aromatic carbocycles. The highest BCUT2D eigenvalue weighted by Gasteiger charge is 2.30. The van der Waals surface area contributed by atoms with E-state index in [2.05, 4.69) is 13.8 Å². The average molecular weight is 276 g/mol. The molecule has 4 heteroatoms. The summed E-state index contributed by atoms with van der Waals surface area (Å²) in [5.41, 5.74) is 6.79. The first kappa shape index (κ1) is 14.9. The Morgan fingerprint density at radius 2 is 2.15 bits per heavy atom. The molecule has 0 saturated heterocycles. The summed E-state index contributed by atoms with van der Waals surface area (Å²) >= 11 is 0. The van der Waals surface area contributed by atoms with E-state index in [1.165, 1.54) is 0 Å². The summed E-state index contributed by atoms with van der Waals surface area (Å²) in [5, 5.41) is 0. The highest BCUT2D eigenvalue weighted by atomic mass is 16.5. The molecule has 110 valence electrons. The average Bonchev–Trinajstić information content (AvgIpc) is 2.45. The molecule has 1 aromatic rings. The van der Waals surface area contributed by atoms with Crippen LogP contribution in [0.2, 0.25) is 0 Å². The molecular formula is C16H24N2O2. The lowest BCUT2D eigenvalue weighted by Crippen LogP contribution is -2.44. The van der Waals surface area contributed by atoms with E-state index in [4.69, 9.17) is 10.5 Å². The largest absolute Gasteiger partial charge is 0.492 e. The predicted molar refractivity (Wildman–Crippen MR) is 79.6 cm³/mol. The molecule has 0 bridgehead atoms. The number of nitrogens with two attached hydrogens (primary N) is 1. The molecule has 1 heterocycles. The third kappa shape index (κ3) is 3.31. The van der Waals surface area contributed by atoms with Gasteiger partial charge in [0.2, 0.25) is 5.91 Å². The van der Waals surface area contributed by atoms with E-state index in [-0.39, 0.29) is 17.2 Å². The van der Waals surface area contributed by atoms with Crippen LogP contribution in [-0.2, 0) is 11.2 Å². The van der Waals surface area contributed by atoms with Crippen molar-refractivity contribution in [2.45, 2.75) is 20.3 Å². The van der Waals surface area contributed by atoms with Crippen LogP contribution in [0.3, 0.4) is 0 Å². The molecule has 2 N–H and O–H groups in total. The van der Waals surface area contributed by atoms with Crippen LogP contribution in [-0.4, -0.2) is 37.6 Å². The van der Waals surface area contributed by atoms with Gasteiger partial charge in [-0.05, 0) is 30.0 Å². The van der Waals surface area contributed by atoms with Crippen LogP contribution >= 0.6 is 0 Å². The fourth-order valence-corrected chi connectivity index (χ4v) is 2.58. The first-order valence-corrected chi connectivity index (χ1v) is 7.09. The van der Waals surface area contributed by atoms with E-state index in [1.54, 1.807) is 4.90 Å². The maximum absolute atomic E-state index is 12.5. The first-order chi connectivity index (χ1) is 9.43.